The Balaban J connectivity index is 0.00000264. The maximum absolute atomic E-state index is 13.4. The van der Waals surface area contributed by atoms with Crippen LogP contribution in [0.2, 0.25) is 5.02 Å². The first-order valence-electron chi connectivity index (χ1n) is 6.49. The molecule has 0 radical (unpaired) electrons. The fourth-order valence-corrected chi connectivity index (χ4v) is 2.67. The second kappa shape index (κ2) is 8.80. The molecule has 0 bridgehead atoms. The highest BCUT2D eigenvalue weighted by Gasteiger charge is 2.46. The zero-order valence-electron chi connectivity index (χ0n) is 12.0. The van der Waals surface area contributed by atoms with E-state index in [2.05, 4.69) is 5.32 Å². The molecule has 140 valence electrons. The van der Waals surface area contributed by atoms with Crippen LogP contribution in [0.15, 0.2) is 18.2 Å². The molecular formula is C13H15Cl3F6N2. The molecule has 0 saturated carbocycles. The SMILES string of the molecule is Cl.Cl.FC(F)(F)c1ccc(Cl)c([C@H](N2CCNCC2)C(F)(F)F)c1. The molecule has 0 aliphatic carbocycles. The predicted octanol–water partition coefficient (Wildman–Crippen LogP) is 4.71. The minimum Gasteiger partial charge on any atom is -0.314 e. The van der Waals surface area contributed by atoms with E-state index in [1.807, 2.05) is 0 Å². The summed E-state index contributed by atoms with van der Waals surface area (Å²) >= 11 is 5.76. The molecule has 1 aliphatic heterocycles. The Bertz CT molecular complexity index is 529. The van der Waals surface area contributed by atoms with E-state index in [4.69, 9.17) is 11.6 Å². The van der Waals surface area contributed by atoms with Gasteiger partial charge in [-0.05, 0) is 23.8 Å². The molecule has 0 aromatic heterocycles. The molecular weight excluding hydrogens is 405 g/mol. The summed E-state index contributed by atoms with van der Waals surface area (Å²) in [5, 5.41) is 2.58. The Morgan fingerprint density at radius 3 is 2.00 bits per heavy atom. The van der Waals surface area contributed by atoms with E-state index in [0.29, 0.717) is 25.2 Å². The van der Waals surface area contributed by atoms with E-state index in [1.165, 1.54) is 0 Å². The van der Waals surface area contributed by atoms with Gasteiger partial charge in [-0.1, -0.05) is 11.6 Å². The van der Waals surface area contributed by atoms with Crippen LogP contribution in [0.1, 0.15) is 17.2 Å². The maximum Gasteiger partial charge on any atom is 0.416 e. The summed E-state index contributed by atoms with van der Waals surface area (Å²) in [4.78, 5) is 1.10. The molecule has 2 nitrogen and oxygen atoms in total. The molecule has 1 fully saturated rings. The molecule has 1 atom stereocenters. The minimum atomic E-state index is -4.72. The number of rotatable bonds is 2. The summed E-state index contributed by atoms with van der Waals surface area (Å²) in [7, 11) is 0. The van der Waals surface area contributed by atoms with Crippen LogP contribution in [-0.2, 0) is 6.18 Å². The van der Waals surface area contributed by atoms with Gasteiger partial charge in [0.05, 0.1) is 5.56 Å². The molecule has 0 amide bonds. The minimum absolute atomic E-state index is 0. The highest BCUT2D eigenvalue weighted by molar-refractivity contribution is 6.31. The highest BCUT2D eigenvalue weighted by Crippen LogP contribution is 2.42. The summed E-state index contributed by atoms with van der Waals surface area (Å²) < 4.78 is 78.5. The normalized spacial score (nSPS) is 17.6. The van der Waals surface area contributed by atoms with Crippen molar-refractivity contribution in [3.63, 3.8) is 0 Å². The van der Waals surface area contributed by atoms with Crippen LogP contribution >= 0.6 is 36.4 Å². The van der Waals surface area contributed by atoms with Crippen molar-refractivity contribution in [1.29, 1.82) is 0 Å². The average molecular weight is 420 g/mol. The lowest BCUT2D eigenvalue weighted by Crippen LogP contribution is -2.49. The van der Waals surface area contributed by atoms with Crippen molar-refractivity contribution >= 4 is 36.4 Å². The second-order valence-electron chi connectivity index (χ2n) is 4.96. The van der Waals surface area contributed by atoms with Gasteiger partial charge < -0.3 is 5.32 Å². The summed E-state index contributed by atoms with van der Waals surface area (Å²) in [6, 6.07) is -0.121. The largest absolute Gasteiger partial charge is 0.416 e. The van der Waals surface area contributed by atoms with Gasteiger partial charge >= 0.3 is 12.4 Å². The number of halogens is 9. The number of alkyl halides is 6. The molecule has 0 spiro atoms. The third-order valence-corrected chi connectivity index (χ3v) is 3.79. The van der Waals surface area contributed by atoms with E-state index in [1.54, 1.807) is 0 Å². The van der Waals surface area contributed by atoms with Gasteiger partial charge in [-0.3, -0.25) is 4.90 Å². The molecule has 11 heteroatoms. The van der Waals surface area contributed by atoms with Gasteiger partial charge in [0.25, 0.3) is 0 Å². The monoisotopic (exact) mass is 418 g/mol. The molecule has 1 heterocycles. The van der Waals surface area contributed by atoms with Gasteiger partial charge in [0.1, 0.15) is 6.04 Å². The topological polar surface area (TPSA) is 15.3 Å². The van der Waals surface area contributed by atoms with Gasteiger partial charge in [0.2, 0.25) is 0 Å². The Morgan fingerprint density at radius 2 is 1.54 bits per heavy atom. The Kier molecular flexibility index (Phi) is 8.65. The van der Waals surface area contributed by atoms with E-state index >= 15 is 0 Å². The Morgan fingerprint density at radius 1 is 1.00 bits per heavy atom. The molecule has 1 aliphatic rings. The van der Waals surface area contributed by atoms with Crippen LogP contribution < -0.4 is 5.32 Å². The van der Waals surface area contributed by atoms with Crippen molar-refractivity contribution in [3.8, 4) is 0 Å². The summed E-state index contributed by atoms with van der Waals surface area (Å²) in [6.07, 6.45) is -9.44. The lowest BCUT2D eigenvalue weighted by Gasteiger charge is -2.36. The fraction of sp³-hybridized carbons (Fsp3) is 0.538. The van der Waals surface area contributed by atoms with Gasteiger partial charge in [-0.25, -0.2) is 0 Å². The number of hydrogen-bond acceptors (Lipinski definition) is 2. The molecule has 0 unspecified atom stereocenters. The molecule has 24 heavy (non-hydrogen) atoms. The van der Waals surface area contributed by atoms with Gasteiger partial charge in [0.15, 0.2) is 0 Å². The van der Waals surface area contributed by atoms with Crippen molar-refractivity contribution in [2.24, 2.45) is 0 Å². The quantitative estimate of drug-likeness (QED) is 0.699. The maximum atomic E-state index is 13.4. The zero-order chi connectivity index (χ0) is 16.5. The van der Waals surface area contributed by atoms with Gasteiger partial charge in [-0.2, -0.15) is 26.3 Å². The highest BCUT2D eigenvalue weighted by atomic mass is 35.5. The summed E-state index contributed by atoms with van der Waals surface area (Å²) in [5.41, 5.74) is -1.71. The molecule has 1 aromatic rings. The van der Waals surface area contributed by atoms with Crippen molar-refractivity contribution in [3.05, 3.63) is 34.3 Å². The van der Waals surface area contributed by atoms with Gasteiger partial charge in [0, 0.05) is 31.2 Å². The van der Waals surface area contributed by atoms with Crippen molar-refractivity contribution in [2.45, 2.75) is 18.4 Å². The van der Waals surface area contributed by atoms with Crippen molar-refractivity contribution < 1.29 is 26.3 Å². The van der Waals surface area contributed by atoms with E-state index < -0.39 is 29.5 Å². The van der Waals surface area contributed by atoms with Crippen LogP contribution in [0.25, 0.3) is 0 Å². The number of hydrogen-bond donors (Lipinski definition) is 1. The first-order valence-corrected chi connectivity index (χ1v) is 6.86. The van der Waals surface area contributed by atoms with Crippen LogP contribution in [0.4, 0.5) is 26.3 Å². The fourth-order valence-electron chi connectivity index (χ4n) is 2.45. The van der Waals surface area contributed by atoms with Crippen LogP contribution in [-0.4, -0.2) is 37.3 Å². The third kappa shape index (κ3) is 5.56. The van der Waals surface area contributed by atoms with Crippen molar-refractivity contribution in [1.82, 2.24) is 10.2 Å². The zero-order valence-corrected chi connectivity index (χ0v) is 14.4. The summed E-state index contributed by atoms with van der Waals surface area (Å²) in [5.74, 6) is 0. The van der Waals surface area contributed by atoms with E-state index in [9.17, 15) is 26.3 Å². The van der Waals surface area contributed by atoms with Crippen LogP contribution in [0.3, 0.4) is 0 Å². The first kappa shape index (κ1) is 23.6. The van der Waals surface area contributed by atoms with Crippen LogP contribution in [0, 0.1) is 0 Å². The molecule has 1 aromatic carbocycles. The van der Waals surface area contributed by atoms with Crippen LogP contribution in [0.5, 0.6) is 0 Å². The first-order chi connectivity index (χ1) is 10.1. The number of nitrogens with one attached hydrogen (secondary N) is 1. The number of nitrogens with zero attached hydrogens (tertiary/aromatic N) is 1. The lowest BCUT2D eigenvalue weighted by atomic mass is 10.0. The van der Waals surface area contributed by atoms with Gasteiger partial charge in [-0.15, -0.1) is 24.8 Å². The Hall–Kier alpha value is -0.410. The smallest absolute Gasteiger partial charge is 0.314 e. The Labute approximate surface area is 152 Å². The second-order valence-corrected chi connectivity index (χ2v) is 5.37. The molecule has 2 rings (SSSR count). The standard InChI is InChI=1S/C13H13ClF6N2.2ClH/c14-10-2-1-8(12(15,16)17)7-9(10)11(13(18,19)20)22-5-3-21-4-6-22;;/h1-2,7,11,21H,3-6H2;2*1H/t11-;;/m0../s1. The average Bonchev–Trinajstić information content (AvgIpc) is 2.39. The van der Waals surface area contributed by atoms with E-state index in [0.717, 1.165) is 11.0 Å². The predicted molar refractivity (Wildman–Crippen MR) is 84.2 cm³/mol. The molecule has 1 N–H and O–H groups in total. The third-order valence-electron chi connectivity index (χ3n) is 3.44. The molecule has 1 saturated heterocycles. The lowest BCUT2D eigenvalue weighted by molar-refractivity contribution is -0.188. The number of piperazine rings is 1. The van der Waals surface area contributed by atoms with Crippen molar-refractivity contribution in [2.75, 3.05) is 26.2 Å². The van der Waals surface area contributed by atoms with E-state index in [-0.39, 0.29) is 42.9 Å². The summed E-state index contributed by atoms with van der Waals surface area (Å²) in [6.45, 7) is 0.833. The number of benzene rings is 1.